The van der Waals surface area contributed by atoms with Crippen LogP contribution in [0.3, 0.4) is 0 Å². The van der Waals surface area contributed by atoms with E-state index in [4.69, 9.17) is 18.9 Å². The fourth-order valence-corrected chi connectivity index (χ4v) is 9.69. The average molecular weight is 1260 g/mol. The number of allylic oxidation sites excluding steroid dienone is 26. The molecule has 91 heavy (non-hydrogen) atoms. The molecule has 0 amide bonds. The van der Waals surface area contributed by atoms with Gasteiger partial charge in [0.15, 0.2) is 12.4 Å². The zero-order chi connectivity index (χ0) is 66.1. The number of ether oxygens (including phenoxy) is 4. The van der Waals surface area contributed by atoms with Crippen molar-refractivity contribution < 1.29 is 42.9 Å². The van der Waals surface area contributed by atoms with Crippen molar-refractivity contribution in [3.8, 4) is 0 Å². The van der Waals surface area contributed by atoms with E-state index in [2.05, 4.69) is 172 Å². The molecule has 9 nitrogen and oxygen atoms in total. The molecule has 0 saturated heterocycles. The molecule has 0 aliphatic heterocycles. The molecule has 0 bridgehead atoms. The second-order valence-electron chi connectivity index (χ2n) is 25.1. The summed E-state index contributed by atoms with van der Waals surface area (Å²) in [5, 5.41) is 11.8. The number of carbonyl (C=O) groups is 3. The van der Waals surface area contributed by atoms with Gasteiger partial charge in [-0.15, -0.1) is 0 Å². The normalized spacial score (nSPS) is 13.6. The molecule has 9 heteroatoms. The Morgan fingerprint density at radius 1 is 0.341 bits per heavy atom. The Morgan fingerprint density at radius 3 is 0.934 bits per heavy atom. The van der Waals surface area contributed by atoms with Gasteiger partial charge in [-0.3, -0.25) is 9.59 Å². The molecule has 0 aromatic carbocycles. The first-order valence-electron chi connectivity index (χ1n) is 36.6. The number of esters is 2. The predicted octanol–water partition coefficient (Wildman–Crippen LogP) is 21.9. The van der Waals surface area contributed by atoms with Crippen molar-refractivity contribution in [3.63, 3.8) is 0 Å². The summed E-state index contributed by atoms with van der Waals surface area (Å²) in [4.78, 5) is 37.5. The molecule has 0 radical (unpaired) electrons. The molecular formula is C82H135NO8. The number of rotatable bonds is 66. The molecule has 0 fully saturated rings. The van der Waals surface area contributed by atoms with Gasteiger partial charge in [-0.2, -0.15) is 0 Å². The Hall–Kier alpha value is -5.09. The van der Waals surface area contributed by atoms with Crippen molar-refractivity contribution in [2.24, 2.45) is 0 Å². The summed E-state index contributed by atoms with van der Waals surface area (Å²) in [5.41, 5.74) is 0. The van der Waals surface area contributed by atoms with E-state index in [0.29, 0.717) is 17.4 Å². The van der Waals surface area contributed by atoms with Crippen LogP contribution in [-0.4, -0.2) is 82.3 Å². The molecule has 0 aromatic heterocycles. The van der Waals surface area contributed by atoms with Gasteiger partial charge in [-0.05, 0) is 128 Å². The number of unbranched alkanes of at least 4 members (excludes halogenated alkanes) is 25. The van der Waals surface area contributed by atoms with Crippen LogP contribution in [0, 0.1) is 0 Å². The molecular weight excluding hydrogens is 1130 g/mol. The number of hydrogen-bond donors (Lipinski definition) is 0. The third-order valence-corrected chi connectivity index (χ3v) is 15.3. The van der Waals surface area contributed by atoms with Gasteiger partial charge in [0, 0.05) is 12.8 Å². The van der Waals surface area contributed by atoms with Crippen molar-refractivity contribution in [1.82, 2.24) is 0 Å². The molecule has 0 saturated carbocycles. The molecule has 0 aliphatic rings. The van der Waals surface area contributed by atoms with Crippen LogP contribution in [0.25, 0.3) is 0 Å². The Morgan fingerprint density at radius 2 is 0.626 bits per heavy atom. The second kappa shape index (κ2) is 70.8. The molecule has 516 valence electrons. The highest BCUT2D eigenvalue weighted by molar-refractivity contribution is 5.70. The zero-order valence-corrected chi connectivity index (χ0v) is 58.9. The summed E-state index contributed by atoms with van der Waals surface area (Å²) in [5.74, 6) is -2.30. The molecule has 0 N–H and O–H groups in total. The highest BCUT2D eigenvalue weighted by atomic mass is 16.7. The van der Waals surface area contributed by atoms with E-state index in [1.54, 1.807) is 0 Å². The summed E-state index contributed by atoms with van der Waals surface area (Å²) >= 11 is 0. The Labute approximate surface area is 559 Å². The average Bonchev–Trinajstić information content (AvgIpc) is 3.46. The van der Waals surface area contributed by atoms with Gasteiger partial charge in [0.25, 0.3) is 0 Å². The van der Waals surface area contributed by atoms with Gasteiger partial charge in [0.1, 0.15) is 13.2 Å². The van der Waals surface area contributed by atoms with Crippen molar-refractivity contribution in [2.45, 2.75) is 296 Å². The summed E-state index contributed by atoms with van der Waals surface area (Å²) in [7, 11) is 5.92. The van der Waals surface area contributed by atoms with Crippen LogP contribution in [0.5, 0.6) is 0 Å². The second-order valence-corrected chi connectivity index (χ2v) is 25.1. The molecule has 0 aliphatic carbocycles. The first-order valence-corrected chi connectivity index (χ1v) is 36.6. The first kappa shape index (κ1) is 85.9. The first-order chi connectivity index (χ1) is 44.6. The van der Waals surface area contributed by atoms with Gasteiger partial charge in [0.05, 0.1) is 40.3 Å². The maximum Gasteiger partial charge on any atom is 0.306 e. The van der Waals surface area contributed by atoms with E-state index in [1.807, 2.05) is 21.1 Å². The Balaban J connectivity index is 4.18. The lowest BCUT2D eigenvalue weighted by atomic mass is 10.0. The van der Waals surface area contributed by atoms with Gasteiger partial charge in [-0.25, -0.2) is 0 Å². The van der Waals surface area contributed by atoms with Crippen LogP contribution in [0.1, 0.15) is 284 Å². The minimum absolute atomic E-state index is 0.138. The maximum absolute atomic E-state index is 12.9. The van der Waals surface area contributed by atoms with Crippen molar-refractivity contribution in [3.05, 3.63) is 158 Å². The summed E-state index contributed by atoms with van der Waals surface area (Å²) in [6.07, 6.45) is 102. The number of nitrogens with zero attached hydrogens (tertiary/aromatic N) is 1. The van der Waals surface area contributed by atoms with E-state index in [9.17, 15) is 19.5 Å². The molecule has 0 aromatic rings. The fourth-order valence-electron chi connectivity index (χ4n) is 9.69. The maximum atomic E-state index is 12.9. The molecule has 0 spiro atoms. The van der Waals surface area contributed by atoms with E-state index >= 15 is 0 Å². The largest absolute Gasteiger partial charge is 0.545 e. The highest BCUT2D eigenvalue weighted by Gasteiger charge is 2.22. The molecule has 0 rings (SSSR count). The minimum Gasteiger partial charge on any atom is -0.545 e. The van der Waals surface area contributed by atoms with Crippen LogP contribution in [-0.2, 0) is 33.3 Å². The van der Waals surface area contributed by atoms with E-state index in [-0.39, 0.29) is 38.6 Å². The number of carboxylic acid groups (broad SMARTS) is 1. The standard InChI is InChI=1S/C82H135NO8/c1-6-8-10-12-14-16-18-20-22-24-26-28-30-32-34-35-36-37-38-39-40-41-42-43-44-45-47-49-51-53-55-57-59-61-63-65-67-69-71-73-80(85)91-78(77-90-82(81(86)87)88-75-74-83(3,4)5)76-89-79(84)72-70-68-66-64-62-60-58-56-54-52-50-48-46-33-31-29-27-25-23-21-19-17-15-13-11-9-7-2/h8,10,14,16,19-22,25-28,31-34,36-37,39-40,42-43,45,47,51,53,78,82H,6-7,9,11-13,15,17-18,23-24,29-30,35,38,41,44,46,48-50,52,54-77H2,1-5H3/b10-8-,16-14-,21-19-,22-20-,27-25-,28-26-,33-31-,34-32-,37-36-,40-39-,43-42-,47-45-,53-51-. The van der Waals surface area contributed by atoms with Crippen molar-refractivity contribution in [1.29, 1.82) is 0 Å². The Bertz CT molecular complexity index is 2060. The SMILES string of the molecule is CC/C=C\C/C=C\C/C=C\C/C=C\C/C=C\C/C=C\C/C=C\C/C=C\C/C=C\C/C=C\CCCCCCCCCCC(=O)OC(COC(=O)CCCCCCCCCCCCCC/C=C\C/C=C\C/C=C\CCCCCCC)COC(OCC[N+](C)(C)C)C(=O)[O-]. The summed E-state index contributed by atoms with van der Waals surface area (Å²) in [6, 6.07) is 0. The zero-order valence-electron chi connectivity index (χ0n) is 58.9. The van der Waals surface area contributed by atoms with Gasteiger partial charge in [0.2, 0.25) is 0 Å². The third kappa shape index (κ3) is 72.2. The van der Waals surface area contributed by atoms with Crippen LogP contribution >= 0.6 is 0 Å². The van der Waals surface area contributed by atoms with Gasteiger partial charge >= 0.3 is 11.9 Å². The summed E-state index contributed by atoms with van der Waals surface area (Å²) in [6.45, 7) is 4.61. The molecule has 0 heterocycles. The van der Waals surface area contributed by atoms with Crippen LogP contribution < -0.4 is 5.11 Å². The quantitative estimate of drug-likeness (QED) is 0.0195. The number of carboxylic acids is 1. The van der Waals surface area contributed by atoms with Crippen LogP contribution in [0.2, 0.25) is 0 Å². The predicted molar refractivity (Wildman–Crippen MR) is 389 cm³/mol. The number of hydrogen-bond acceptors (Lipinski definition) is 8. The highest BCUT2D eigenvalue weighted by Crippen LogP contribution is 2.16. The molecule has 2 atom stereocenters. The number of likely N-dealkylation sites (N-methyl/N-ethyl adjacent to an activating group) is 1. The number of carbonyl (C=O) groups excluding carboxylic acids is 3. The summed E-state index contributed by atoms with van der Waals surface area (Å²) < 4.78 is 22.8. The van der Waals surface area contributed by atoms with Gasteiger partial charge in [-0.1, -0.05) is 300 Å². The molecule has 2 unspecified atom stereocenters. The van der Waals surface area contributed by atoms with Crippen molar-refractivity contribution in [2.75, 3.05) is 47.5 Å². The third-order valence-electron chi connectivity index (χ3n) is 15.3. The smallest absolute Gasteiger partial charge is 0.306 e. The number of aliphatic carboxylic acids is 1. The van der Waals surface area contributed by atoms with E-state index in [0.717, 1.165) is 122 Å². The Kier molecular flexibility index (Phi) is 66.8. The number of quaternary nitrogens is 1. The van der Waals surface area contributed by atoms with E-state index < -0.39 is 24.3 Å². The monoisotopic (exact) mass is 1260 g/mol. The van der Waals surface area contributed by atoms with E-state index in [1.165, 1.54) is 128 Å². The van der Waals surface area contributed by atoms with Crippen LogP contribution in [0.4, 0.5) is 0 Å². The fraction of sp³-hybridized carbons (Fsp3) is 0.646. The lowest BCUT2D eigenvalue weighted by molar-refractivity contribution is -0.870. The van der Waals surface area contributed by atoms with Crippen molar-refractivity contribution >= 4 is 17.9 Å². The van der Waals surface area contributed by atoms with Crippen LogP contribution in [0.15, 0.2) is 158 Å². The lowest BCUT2D eigenvalue weighted by Gasteiger charge is -2.26. The lowest BCUT2D eigenvalue weighted by Crippen LogP contribution is -2.44. The topological polar surface area (TPSA) is 111 Å². The van der Waals surface area contributed by atoms with Gasteiger partial charge < -0.3 is 33.3 Å². The minimum atomic E-state index is -1.63.